The molecule has 7 heteroatoms. The molecule has 1 aromatic rings. The average Bonchev–Trinajstić information content (AvgIpc) is 2.62. The summed E-state index contributed by atoms with van der Waals surface area (Å²) in [5, 5.41) is 12.2. The molecule has 2 amide bonds. The van der Waals surface area contributed by atoms with Crippen molar-refractivity contribution in [2.45, 2.75) is 24.8 Å². The van der Waals surface area contributed by atoms with Gasteiger partial charge < -0.3 is 20.1 Å². The van der Waals surface area contributed by atoms with Gasteiger partial charge in [-0.05, 0) is 42.7 Å². The van der Waals surface area contributed by atoms with E-state index in [1.54, 1.807) is 23.1 Å². The molecule has 2 aliphatic heterocycles. The molecule has 1 atom stereocenters. The van der Waals surface area contributed by atoms with Crippen molar-refractivity contribution in [2.75, 3.05) is 25.1 Å². The van der Waals surface area contributed by atoms with Crippen molar-refractivity contribution >= 4 is 23.5 Å². The molecule has 0 radical (unpaired) electrons. The molecule has 25 heavy (non-hydrogen) atoms. The van der Waals surface area contributed by atoms with E-state index < -0.39 is 17.8 Å². The third-order valence-electron chi connectivity index (χ3n) is 4.68. The second kappa shape index (κ2) is 7.06. The van der Waals surface area contributed by atoms with Gasteiger partial charge in [-0.2, -0.15) is 0 Å². The van der Waals surface area contributed by atoms with Gasteiger partial charge >= 0.3 is 5.97 Å². The van der Waals surface area contributed by atoms with Crippen LogP contribution in [0, 0.1) is 0 Å². The van der Waals surface area contributed by atoms with Gasteiger partial charge in [0.05, 0.1) is 0 Å². The number of hydrogen-bond donors (Lipinski definition) is 2. The maximum Gasteiger partial charge on any atom is 0.312 e. The molecule has 132 valence electrons. The number of carboxylic acids is 1. The summed E-state index contributed by atoms with van der Waals surface area (Å²) in [5.74, 6) is -2.37. The molecular weight excluding hydrogens is 324 g/mol. The number of anilines is 1. The van der Waals surface area contributed by atoms with E-state index in [4.69, 9.17) is 4.74 Å². The number of carbonyl (C=O) groups excluding carboxylic acids is 2. The zero-order chi connectivity index (χ0) is 18.0. The average molecular weight is 344 g/mol. The van der Waals surface area contributed by atoms with E-state index in [9.17, 15) is 19.5 Å². The summed E-state index contributed by atoms with van der Waals surface area (Å²) in [6.45, 7) is 4.66. The molecule has 2 aliphatic rings. The number of nitrogens with zero attached hydrogens (tertiary/aromatic N) is 1. The second-order valence-corrected chi connectivity index (χ2v) is 6.19. The summed E-state index contributed by atoms with van der Waals surface area (Å²) in [6, 6.07) is 4.74. The van der Waals surface area contributed by atoms with Gasteiger partial charge in [-0.15, -0.1) is 0 Å². The van der Waals surface area contributed by atoms with Gasteiger partial charge in [-0.3, -0.25) is 14.4 Å². The first-order valence-corrected chi connectivity index (χ1v) is 8.20. The number of fused-ring (bicyclic) bond motifs is 1. The van der Waals surface area contributed by atoms with Crippen molar-refractivity contribution < 1.29 is 24.2 Å². The maximum atomic E-state index is 12.9. The Morgan fingerprint density at radius 3 is 2.68 bits per heavy atom. The lowest BCUT2D eigenvalue weighted by atomic mass is 9.87. The quantitative estimate of drug-likeness (QED) is 0.809. The van der Waals surface area contributed by atoms with Gasteiger partial charge in [0.1, 0.15) is 5.92 Å². The molecule has 1 unspecified atom stereocenters. The van der Waals surface area contributed by atoms with Crippen LogP contribution in [0.15, 0.2) is 30.9 Å². The zero-order valence-corrected chi connectivity index (χ0v) is 13.7. The van der Waals surface area contributed by atoms with Crippen LogP contribution in [0.4, 0.5) is 5.69 Å². The third kappa shape index (κ3) is 3.41. The highest BCUT2D eigenvalue weighted by Gasteiger charge is 2.38. The summed E-state index contributed by atoms with van der Waals surface area (Å²) < 4.78 is 5.33. The molecule has 0 aliphatic carbocycles. The first-order valence-electron chi connectivity index (χ1n) is 8.20. The van der Waals surface area contributed by atoms with Crippen molar-refractivity contribution in [3.05, 3.63) is 42.0 Å². The topological polar surface area (TPSA) is 95.9 Å². The number of carbonyl (C=O) groups is 3. The summed E-state index contributed by atoms with van der Waals surface area (Å²) in [6.07, 6.45) is 2.55. The van der Waals surface area contributed by atoms with E-state index in [-0.39, 0.29) is 18.5 Å². The van der Waals surface area contributed by atoms with Crippen molar-refractivity contribution in [1.82, 2.24) is 4.90 Å². The highest BCUT2D eigenvalue weighted by atomic mass is 16.5. The molecule has 7 nitrogen and oxygen atoms in total. The van der Waals surface area contributed by atoms with Gasteiger partial charge in [0.15, 0.2) is 0 Å². The van der Waals surface area contributed by atoms with Gasteiger partial charge in [0, 0.05) is 37.1 Å². The molecule has 1 saturated heterocycles. The Labute approximate surface area is 145 Å². The molecule has 0 bridgehead atoms. The van der Waals surface area contributed by atoms with Crippen LogP contribution in [-0.2, 0) is 14.3 Å². The van der Waals surface area contributed by atoms with E-state index in [1.165, 1.54) is 0 Å². The minimum Gasteiger partial charge on any atom is -0.481 e. The monoisotopic (exact) mass is 344 g/mol. The number of ether oxygens (including phenoxy) is 1. The Morgan fingerprint density at radius 1 is 1.32 bits per heavy atom. The van der Waals surface area contributed by atoms with E-state index in [2.05, 4.69) is 11.9 Å². The fourth-order valence-corrected chi connectivity index (χ4v) is 3.37. The molecule has 0 spiro atoms. The predicted octanol–water partition coefficient (Wildman–Crippen LogP) is 1.61. The normalized spacial score (nSPS) is 20.7. The molecular formula is C18H20N2O5. The smallest absolute Gasteiger partial charge is 0.312 e. The van der Waals surface area contributed by atoms with Crippen LogP contribution in [0.1, 0.15) is 34.7 Å². The lowest BCUT2D eigenvalue weighted by Crippen LogP contribution is -2.49. The minimum atomic E-state index is -0.988. The lowest BCUT2D eigenvalue weighted by Gasteiger charge is -2.39. The van der Waals surface area contributed by atoms with E-state index in [1.807, 2.05) is 0 Å². The number of amides is 2. The van der Waals surface area contributed by atoms with Crippen LogP contribution in [0.5, 0.6) is 0 Å². The minimum absolute atomic E-state index is 0.00334. The summed E-state index contributed by atoms with van der Waals surface area (Å²) >= 11 is 0. The van der Waals surface area contributed by atoms with E-state index in [0.29, 0.717) is 42.9 Å². The summed E-state index contributed by atoms with van der Waals surface area (Å²) in [7, 11) is 0. The molecule has 1 fully saturated rings. The number of carboxylic acid groups (broad SMARTS) is 1. The fourth-order valence-electron chi connectivity index (χ4n) is 3.37. The Morgan fingerprint density at radius 2 is 2.04 bits per heavy atom. The molecule has 3 rings (SSSR count). The zero-order valence-electron chi connectivity index (χ0n) is 13.7. The van der Waals surface area contributed by atoms with Gasteiger partial charge in [0.2, 0.25) is 5.91 Å². The number of benzene rings is 1. The summed E-state index contributed by atoms with van der Waals surface area (Å²) in [4.78, 5) is 37.8. The Hall–Kier alpha value is -2.67. The molecule has 0 saturated carbocycles. The number of aliphatic carboxylic acids is 1. The Balaban J connectivity index is 1.94. The van der Waals surface area contributed by atoms with Crippen LogP contribution < -0.4 is 5.32 Å². The van der Waals surface area contributed by atoms with E-state index >= 15 is 0 Å². The van der Waals surface area contributed by atoms with Crippen LogP contribution in [0.3, 0.4) is 0 Å². The maximum absolute atomic E-state index is 12.9. The molecule has 0 aromatic heterocycles. The molecule has 2 N–H and O–H groups in total. The Bertz CT molecular complexity index is 724. The van der Waals surface area contributed by atoms with Crippen molar-refractivity contribution in [3.8, 4) is 0 Å². The molecule has 2 heterocycles. The highest BCUT2D eigenvalue weighted by molar-refractivity contribution is 6.02. The largest absolute Gasteiger partial charge is 0.481 e. The van der Waals surface area contributed by atoms with Crippen molar-refractivity contribution in [1.29, 1.82) is 0 Å². The highest BCUT2D eigenvalue weighted by Crippen LogP contribution is 2.33. The third-order valence-corrected chi connectivity index (χ3v) is 4.68. The molecule has 1 aromatic carbocycles. The lowest BCUT2D eigenvalue weighted by molar-refractivity contribution is -0.139. The first-order chi connectivity index (χ1) is 12.0. The SMILES string of the molecule is C=CC(=O)Nc1ccc2c(c1)C(C(=O)O)CN(C1CCOCC1)C2=O. The number of nitrogens with one attached hydrogen (secondary N) is 1. The fraction of sp³-hybridized carbons (Fsp3) is 0.389. The first kappa shape index (κ1) is 17.2. The van der Waals surface area contributed by atoms with Crippen molar-refractivity contribution in [3.63, 3.8) is 0 Å². The van der Waals surface area contributed by atoms with Crippen LogP contribution in [0.25, 0.3) is 0 Å². The van der Waals surface area contributed by atoms with E-state index in [0.717, 1.165) is 6.08 Å². The van der Waals surface area contributed by atoms with Gasteiger partial charge in [-0.1, -0.05) is 6.58 Å². The van der Waals surface area contributed by atoms with Crippen LogP contribution in [0.2, 0.25) is 0 Å². The number of rotatable bonds is 4. The van der Waals surface area contributed by atoms with Crippen molar-refractivity contribution in [2.24, 2.45) is 0 Å². The second-order valence-electron chi connectivity index (χ2n) is 6.19. The van der Waals surface area contributed by atoms with Crippen LogP contribution in [-0.4, -0.2) is 53.6 Å². The van der Waals surface area contributed by atoms with Gasteiger partial charge in [-0.25, -0.2) is 0 Å². The number of hydrogen-bond acceptors (Lipinski definition) is 4. The summed E-state index contributed by atoms with van der Waals surface area (Å²) in [5.41, 5.74) is 1.26. The van der Waals surface area contributed by atoms with Gasteiger partial charge in [0.25, 0.3) is 5.91 Å². The predicted molar refractivity (Wildman–Crippen MR) is 90.5 cm³/mol. The standard InChI is InChI=1S/C18H20N2O5/c1-2-16(21)19-11-3-4-13-14(9-11)15(18(23)24)10-20(17(13)22)12-5-7-25-8-6-12/h2-4,9,12,15H,1,5-8,10H2,(H,19,21)(H,23,24). The van der Waals surface area contributed by atoms with Crippen LogP contribution >= 0.6 is 0 Å². The Kier molecular flexibility index (Phi) is 4.85.